The molecule has 1 atom stereocenters. The number of nitrogen functional groups attached to an aromatic ring is 1. The van der Waals surface area contributed by atoms with Crippen molar-refractivity contribution in [1.82, 2.24) is 19.6 Å². The molecule has 2 saturated heterocycles. The third-order valence-corrected chi connectivity index (χ3v) is 4.51. The van der Waals surface area contributed by atoms with Crippen LogP contribution in [0.4, 0.5) is 5.69 Å². The van der Waals surface area contributed by atoms with Gasteiger partial charge >= 0.3 is 0 Å². The van der Waals surface area contributed by atoms with Crippen LogP contribution in [0.1, 0.15) is 36.2 Å². The molecule has 2 fully saturated rings. The third-order valence-electron chi connectivity index (χ3n) is 4.51. The van der Waals surface area contributed by atoms with Crippen LogP contribution in [0.15, 0.2) is 6.20 Å². The van der Waals surface area contributed by atoms with Crippen LogP contribution in [0.3, 0.4) is 0 Å². The summed E-state index contributed by atoms with van der Waals surface area (Å²) in [6.45, 7) is 4.01. The first kappa shape index (κ1) is 13.4. The Morgan fingerprint density at radius 3 is 2.70 bits per heavy atom. The first-order valence-electron chi connectivity index (χ1n) is 7.47. The van der Waals surface area contributed by atoms with Crippen LogP contribution in [0, 0.1) is 0 Å². The highest BCUT2D eigenvalue weighted by Gasteiger charge is 2.31. The van der Waals surface area contributed by atoms with E-state index in [0.29, 0.717) is 17.4 Å². The number of nitrogens with two attached hydrogens (primary N) is 1. The van der Waals surface area contributed by atoms with E-state index in [0.717, 1.165) is 19.5 Å². The lowest BCUT2D eigenvalue weighted by atomic mass is 10.0. The summed E-state index contributed by atoms with van der Waals surface area (Å²) in [6, 6.07) is 0.518. The lowest BCUT2D eigenvalue weighted by Crippen LogP contribution is -2.49. The van der Waals surface area contributed by atoms with Crippen molar-refractivity contribution in [2.75, 3.05) is 31.9 Å². The molecule has 1 aromatic rings. The van der Waals surface area contributed by atoms with Crippen molar-refractivity contribution in [3.63, 3.8) is 0 Å². The van der Waals surface area contributed by atoms with Gasteiger partial charge in [0.2, 0.25) is 0 Å². The van der Waals surface area contributed by atoms with Gasteiger partial charge in [0.25, 0.3) is 5.91 Å². The molecular weight excluding hydrogens is 254 g/mol. The lowest BCUT2D eigenvalue weighted by Gasteiger charge is -2.37. The van der Waals surface area contributed by atoms with E-state index in [9.17, 15) is 4.79 Å². The minimum absolute atomic E-state index is 0.0198. The molecule has 2 aliphatic rings. The van der Waals surface area contributed by atoms with Crippen molar-refractivity contribution in [3.05, 3.63) is 11.9 Å². The molecular formula is C14H23N5O. The van der Waals surface area contributed by atoms with Crippen LogP contribution in [0.2, 0.25) is 0 Å². The number of rotatable bonds is 2. The van der Waals surface area contributed by atoms with Gasteiger partial charge in [-0.1, -0.05) is 0 Å². The fraction of sp³-hybridized carbons (Fsp3) is 0.714. The van der Waals surface area contributed by atoms with Crippen molar-refractivity contribution >= 4 is 11.6 Å². The van der Waals surface area contributed by atoms with E-state index in [4.69, 9.17) is 5.73 Å². The standard InChI is InChI=1S/C14H23N5O/c1-17-13(12(15)9-16-17)14(20)19-8-4-5-11(10-19)18-6-2-3-7-18/h9,11H,2-8,10,15H2,1H3. The van der Waals surface area contributed by atoms with Gasteiger partial charge in [-0.05, 0) is 38.8 Å². The SMILES string of the molecule is Cn1ncc(N)c1C(=O)N1CCCC(N2CCCC2)C1. The number of nitrogens with zero attached hydrogens (tertiary/aromatic N) is 4. The molecule has 0 saturated carbocycles. The Hall–Kier alpha value is -1.56. The Kier molecular flexibility index (Phi) is 3.65. The Morgan fingerprint density at radius 2 is 2.05 bits per heavy atom. The molecule has 6 heteroatoms. The summed E-state index contributed by atoms with van der Waals surface area (Å²) >= 11 is 0. The second-order valence-electron chi connectivity index (χ2n) is 5.86. The zero-order chi connectivity index (χ0) is 14.1. The molecule has 2 N–H and O–H groups in total. The Labute approximate surface area is 119 Å². The average Bonchev–Trinajstić information content (AvgIpc) is 3.09. The Morgan fingerprint density at radius 1 is 1.30 bits per heavy atom. The zero-order valence-corrected chi connectivity index (χ0v) is 12.1. The van der Waals surface area contributed by atoms with Crippen molar-refractivity contribution in [3.8, 4) is 0 Å². The summed E-state index contributed by atoms with van der Waals surface area (Å²) in [6.07, 6.45) is 6.41. The van der Waals surface area contributed by atoms with Crippen LogP contribution in [-0.4, -0.2) is 57.7 Å². The quantitative estimate of drug-likeness (QED) is 0.864. The lowest BCUT2D eigenvalue weighted by molar-refractivity contribution is 0.0598. The fourth-order valence-corrected chi connectivity index (χ4v) is 3.41. The molecule has 3 heterocycles. The van der Waals surface area contributed by atoms with Gasteiger partial charge < -0.3 is 10.6 Å². The fourth-order valence-electron chi connectivity index (χ4n) is 3.41. The number of piperidine rings is 1. The second kappa shape index (κ2) is 5.44. The zero-order valence-electron chi connectivity index (χ0n) is 12.1. The molecule has 3 rings (SSSR count). The molecule has 1 aromatic heterocycles. The summed E-state index contributed by atoms with van der Waals surface area (Å²) in [5.74, 6) is 0.0198. The minimum Gasteiger partial charge on any atom is -0.396 e. The van der Waals surface area contributed by atoms with Crippen LogP contribution in [-0.2, 0) is 7.05 Å². The van der Waals surface area contributed by atoms with Gasteiger partial charge in [0.05, 0.1) is 11.9 Å². The molecule has 6 nitrogen and oxygen atoms in total. The van der Waals surface area contributed by atoms with Gasteiger partial charge in [0.15, 0.2) is 0 Å². The smallest absolute Gasteiger partial charge is 0.274 e. The third kappa shape index (κ3) is 2.40. The van der Waals surface area contributed by atoms with Gasteiger partial charge in [0, 0.05) is 26.2 Å². The maximum absolute atomic E-state index is 12.6. The van der Waals surface area contributed by atoms with Crippen LogP contribution >= 0.6 is 0 Å². The number of aromatic nitrogens is 2. The predicted molar refractivity (Wildman–Crippen MR) is 77.4 cm³/mol. The van der Waals surface area contributed by atoms with Crippen LogP contribution in [0.5, 0.6) is 0 Å². The summed E-state index contributed by atoms with van der Waals surface area (Å²) < 4.78 is 1.58. The minimum atomic E-state index is 0.0198. The van der Waals surface area contributed by atoms with E-state index < -0.39 is 0 Å². The van der Waals surface area contributed by atoms with E-state index in [2.05, 4.69) is 10.00 Å². The number of hydrogen-bond donors (Lipinski definition) is 1. The van der Waals surface area contributed by atoms with E-state index in [-0.39, 0.29) is 5.91 Å². The Bertz CT molecular complexity index is 472. The largest absolute Gasteiger partial charge is 0.396 e. The van der Waals surface area contributed by atoms with E-state index in [1.807, 2.05) is 4.90 Å². The summed E-state index contributed by atoms with van der Waals surface area (Å²) in [4.78, 5) is 17.1. The van der Waals surface area contributed by atoms with Gasteiger partial charge in [-0.25, -0.2) is 0 Å². The molecule has 20 heavy (non-hydrogen) atoms. The first-order valence-corrected chi connectivity index (χ1v) is 7.47. The molecule has 0 aliphatic carbocycles. The number of anilines is 1. The highest BCUT2D eigenvalue weighted by Crippen LogP contribution is 2.22. The van der Waals surface area contributed by atoms with Gasteiger partial charge in [-0.15, -0.1) is 0 Å². The number of carbonyl (C=O) groups is 1. The van der Waals surface area contributed by atoms with Crippen molar-refractivity contribution in [2.24, 2.45) is 7.05 Å². The van der Waals surface area contributed by atoms with Crippen molar-refractivity contribution in [2.45, 2.75) is 31.7 Å². The maximum Gasteiger partial charge on any atom is 0.274 e. The number of carbonyl (C=O) groups excluding carboxylic acids is 1. The van der Waals surface area contributed by atoms with Crippen LogP contribution in [0.25, 0.3) is 0 Å². The topological polar surface area (TPSA) is 67.4 Å². The monoisotopic (exact) mass is 277 g/mol. The number of hydrogen-bond acceptors (Lipinski definition) is 4. The predicted octanol–water partition coefficient (Wildman–Crippen LogP) is 0.703. The van der Waals surface area contributed by atoms with Crippen molar-refractivity contribution < 1.29 is 4.79 Å². The molecule has 0 radical (unpaired) electrons. The molecule has 0 aromatic carbocycles. The molecule has 0 bridgehead atoms. The molecule has 2 aliphatic heterocycles. The highest BCUT2D eigenvalue weighted by molar-refractivity contribution is 5.97. The molecule has 0 spiro atoms. The Balaban J connectivity index is 1.71. The maximum atomic E-state index is 12.6. The highest BCUT2D eigenvalue weighted by atomic mass is 16.2. The average molecular weight is 277 g/mol. The first-order chi connectivity index (χ1) is 9.66. The van der Waals surface area contributed by atoms with Crippen LogP contribution < -0.4 is 5.73 Å². The van der Waals surface area contributed by atoms with Gasteiger partial charge in [-0.2, -0.15) is 5.10 Å². The molecule has 110 valence electrons. The number of likely N-dealkylation sites (tertiary alicyclic amines) is 2. The van der Waals surface area contributed by atoms with E-state index >= 15 is 0 Å². The van der Waals surface area contributed by atoms with Gasteiger partial charge in [0.1, 0.15) is 5.69 Å². The summed E-state index contributed by atoms with van der Waals surface area (Å²) in [5.41, 5.74) is 6.86. The summed E-state index contributed by atoms with van der Waals surface area (Å²) in [7, 11) is 1.77. The number of amides is 1. The van der Waals surface area contributed by atoms with Crippen molar-refractivity contribution in [1.29, 1.82) is 0 Å². The van der Waals surface area contributed by atoms with Gasteiger partial charge in [-0.3, -0.25) is 14.4 Å². The number of aryl methyl sites for hydroxylation is 1. The molecule has 1 amide bonds. The normalized spacial score (nSPS) is 24.2. The van der Waals surface area contributed by atoms with E-state index in [1.165, 1.54) is 32.4 Å². The second-order valence-corrected chi connectivity index (χ2v) is 5.86. The molecule has 1 unspecified atom stereocenters. The van der Waals surface area contributed by atoms with E-state index in [1.54, 1.807) is 17.9 Å². The summed E-state index contributed by atoms with van der Waals surface area (Å²) in [5, 5.41) is 4.06.